The summed E-state index contributed by atoms with van der Waals surface area (Å²) in [5.74, 6) is -0.177. The third-order valence-electron chi connectivity index (χ3n) is 4.67. The number of para-hydroxylation sites is 1. The molecule has 6 nitrogen and oxygen atoms in total. The van der Waals surface area contributed by atoms with Crippen molar-refractivity contribution in [2.75, 3.05) is 16.8 Å². The lowest BCUT2D eigenvalue weighted by molar-refractivity contribution is -0.116. The van der Waals surface area contributed by atoms with Crippen molar-refractivity contribution in [3.05, 3.63) is 78.1 Å². The molecule has 0 saturated heterocycles. The Hall–Kier alpha value is -3.67. The zero-order chi connectivity index (χ0) is 19.5. The van der Waals surface area contributed by atoms with Crippen LogP contribution in [0.3, 0.4) is 0 Å². The Bertz CT molecular complexity index is 1050. The second-order valence-corrected chi connectivity index (χ2v) is 6.64. The number of nitrogens with one attached hydrogen (secondary N) is 1. The molecule has 0 saturated carbocycles. The molecule has 0 fully saturated rings. The lowest BCUT2D eigenvalue weighted by Gasteiger charge is -2.14. The van der Waals surface area contributed by atoms with Crippen molar-refractivity contribution in [3.8, 4) is 5.69 Å². The first-order valence-electron chi connectivity index (χ1n) is 9.10. The van der Waals surface area contributed by atoms with Gasteiger partial charge in [0.15, 0.2) is 0 Å². The lowest BCUT2D eigenvalue weighted by Crippen LogP contribution is -2.25. The Labute approximate surface area is 163 Å². The van der Waals surface area contributed by atoms with Crippen LogP contribution in [0.2, 0.25) is 0 Å². The minimum absolute atomic E-state index is 0.0366. The van der Waals surface area contributed by atoms with E-state index in [0.717, 1.165) is 34.6 Å². The fraction of sp³-hybridized carbons (Fsp3) is 0.136. The largest absolute Gasteiger partial charge is 0.323 e. The Morgan fingerprint density at radius 1 is 1.14 bits per heavy atom. The number of carbonyl (C=O) groups is 2. The van der Waals surface area contributed by atoms with Gasteiger partial charge in [0.2, 0.25) is 11.8 Å². The summed E-state index contributed by atoms with van der Waals surface area (Å²) in [6, 6.07) is 15.4. The van der Waals surface area contributed by atoms with Crippen molar-refractivity contribution in [1.82, 2.24) is 9.78 Å². The maximum atomic E-state index is 12.2. The minimum Gasteiger partial charge on any atom is -0.323 e. The summed E-state index contributed by atoms with van der Waals surface area (Å²) in [4.78, 5) is 25.6. The molecule has 0 radical (unpaired) electrons. The van der Waals surface area contributed by atoms with Crippen LogP contribution >= 0.6 is 0 Å². The number of hydrogen-bond acceptors (Lipinski definition) is 3. The zero-order valence-electron chi connectivity index (χ0n) is 15.5. The van der Waals surface area contributed by atoms with E-state index in [1.165, 1.54) is 6.08 Å². The lowest BCUT2D eigenvalue weighted by atomic mass is 10.1. The Morgan fingerprint density at radius 2 is 1.96 bits per heavy atom. The molecule has 6 heteroatoms. The van der Waals surface area contributed by atoms with Gasteiger partial charge < -0.3 is 10.2 Å². The smallest absolute Gasteiger partial charge is 0.248 e. The molecule has 1 N–H and O–H groups in total. The average molecular weight is 372 g/mol. The monoisotopic (exact) mass is 372 g/mol. The van der Waals surface area contributed by atoms with Gasteiger partial charge in [0.05, 0.1) is 11.9 Å². The highest BCUT2D eigenvalue weighted by Gasteiger charge is 2.22. The van der Waals surface area contributed by atoms with Crippen molar-refractivity contribution in [3.63, 3.8) is 0 Å². The van der Waals surface area contributed by atoms with Crippen LogP contribution in [0.5, 0.6) is 0 Å². The van der Waals surface area contributed by atoms with Crippen LogP contribution < -0.4 is 10.2 Å². The van der Waals surface area contributed by atoms with Crippen molar-refractivity contribution >= 4 is 29.3 Å². The van der Waals surface area contributed by atoms with Crippen molar-refractivity contribution in [2.45, 2.75) is 13.3 Å². The highest BCUT2D eigenvalue weighted by molar-refractivity contribution is 6.02. The van der Waals surface area contributed by atoms with Gasteiger partial charge in [0.1, 0.15) is 0 Å². The second kappa shape index (κ2) is 7.52. The van der Waals surface area contributed by atoms with E-state index >= 15 is 0 Å². The maximum absolute atomic E-state index is 12.2. The summed E-state index contributed by atoms with van der Waals surface area (Å²) >= 11 is 0. The second-order valence-electron chi connectivity index (χ2n) is 6.64. The number of anilines is 2. The molecule has 0 atom stereocenters. The van der Waals surface area contributed by atoms with E-state index in [1.807, 2.05) is 54.7 Å². The zero-order valence-corrected chi connectivity index (χ0v) is 15.5. The van der Waals surface area contributed by atoms with E-state index in [9.17, 15) is 9.59 Å². The first-order valence-corrected chi connectivity index (χ1v) is 9.10. The fourth-order valence-electron chi connectivity index (χ4n) is 3.31. The maximum Gasteiger partial charge on any atom is 0.248 e. The van der Waals surface area contributed by atoms with Crippen LogP contribution in [0.15, 0.2) is 67.0 Å². The summed E-state index contributed by atoms with van der Waals surface area (Å²) < 4.78 is 1.76. The van der Waals surface area contributed by atoms with Crippen molar-refractivity contribution in [1.29, 1.82) is 0 Å². The first kappa shape index (κ1) is 17.7. The van der Waals surface area contributed by atoms with E-state index in [0.29, 0.717) is 6.54 Å². The van der Waals surface area contributed by atoms with Crippen molar-refractivity contribution in [2.24, 2.45) is 0 Å². The molecule has 2 amide bonds. The number of hydrogen-bond donors (Lipinski definition) is 1. The summed E-state index contributed by atoms with van der Waals surface area (Å²) in [5, 5.41) is 7.18. The molecule has 1 aliphatic heterocycles. The van der Waals surface area contributed by atoms with Gasteiger partial charge >= 0.3 is 0 Å². The van der Waals surface area contributed by atoms with Gasteiger partial charge in [-0.15, -0.1) is 0 Å². The number of carbonyl (C=O) groups excluding carboxylic acids is 2. The van der Waals surface area contributed by atoms with Crippen LogP contribution in [0.25, 0.3) is 11.8 Å². The van der Waals surface area contributed by atoms with E-state index in [1.54, 1.807) is 28.8 Å². The summed E-state index contributed by atoms with van der Waals surface area (Å²) in [5.41, 5.74) is 4.52. The fourth-order valence-corrected chi connectivity index (χ4v) is 3.31. The van der Waals surface area contributed by atoms with Crippen LogP contribution in [-0.4, -0.2) is 28.1 Å². The number of benzene rings is 2. The van der Waals surface area contributed by atoms with Crippen molar-refractivity contribution < 1.29 is 9.59 Å². The van der Waals surface area contributed by atoms with Gasteiger partial charge in [-0.1, -0.05) is 18.2 Å². The van der Waals surface area contributed by atoms with E-state index < -0.39 is 0 Å². The third kappa shape index (κ3) is 3.71. The van der Waals surface area contributed by atoms with Gasteiger partial charge in [-0.05, 0) is 48.4 Å². The molecule has 1 aromatic heterocycles. The Kier molecular flexibility index (Phi) is 4.76. The summed E-state index contributed by atoms with van der Waals surface area (Å²) in [7, 11) is 0. The predicted octanol–water partition coefficient (Wildman–Crippen LogP) is 3.43. The van der Waals surface area contributed by atoms with E-state index in [-0.39, 0.29) is 11.8 Å². The van der Waals surface area contributed by atoms with E-state index in [4.69, 9.17) is 0 Å². The number of fused-ring (bicyclic) bond motifs is 1. The predicted molar refractivity (Wildman–Crippen MR) is 109 cm³/mol. The highest BCUT2D eigenvalue weighted by atomic mass is 16.2. The Balaban J connectivity index is 1.41. The molecule has 0 bridgehead atoms. The molecule has 1 aliphatic rings. The van der Waals surface area contributed by atoms with Crippen LogP contribution in [-0.2, 0) is 16.0 Å². The number of aromatic nitrogens is 2. The normalized spacial score (nSPS) is 13.0. The summed E-state index contributed by atoms with van der Waals surface area (Å²) in [6.45, 7) is 2.25. The number of rotatable bonds is 4. The van der Waals surface area contributed by atoms with Gasteiger partial charge in [-0.25, -0.2) is 4.68 Å². The molecule has 0 aliphatic carbocycles. The molecule has 140 valence electrons. The quantitative estimate of drug-likeness (QED) is 0.714. The molecule has 2 heterocycles. The summed E-state index contributed by atoms with van der Waals surface area (Å²) in [6.07, 6.45) is 7.59. The first-order chi connectivity index (χ1) is 13.6. The van der Waals surface area contributed by atoms with Gasteiger partial charge in [-0.3, -0.25) is 9.59 Å². The third-order valence-corrected chi connectivity index (χ3v) is 4.67. The molecule has 28 heavy (non-hydrogen) atoms. The molecule has 2 aromatic carbocycles. The van der Waals surface area contributed by atoms with E-state index in [2.05, 4.69) is 10.4 Å². The molecular formula is C22H20N4O2. The molecule has 0 unspecified atom stereocenters. The minimum atomic E-state index is -0.214. The average Bonchev–Trinajstić information content (AvgIpc) is 3.34. The molecular weight excluding hydrogens is 352 g/mol. The highest BCUT2D eigenvalue weighted by Crippen LogP contribution is 2.30. The topological polar surface area (TPSA) is 67.2 Å². The molecule has 0 spiro atoms. The molecule has 3 aromatic rings. The number of nitrogens with zero attached hydrogens (tertiary/aromatic N) is 3. The van der Waals surface area contributed by atoms with Crippen LogP contribution in [0, 0.1) is 0 Å². The van der Waals surface area contributed by atoms with Crippen LogP contribution in [0.1, 0.15) is 18.1 Å². The van der Waals surface area contributed by atoms with Crippen LogP contribution in [0.4, 0.5) is 11.4 Å². The molecule has 4 rings (SSSR count). The standard InChI is InChI=1S/C22H20N4O2/c1-16(27)25-12-11-18-13-19(8-9-21(18)25)24-22(28)10-7-17-14-23-26(15-17)20-5-3-2-4-6-20/h2-10,13-15H,11-12H2,1H3,(H,24,28)/b10-7+. The Morgan fingerprint density at radius 3 is 2.75 bits per heavy atom. The number of amides is 2. The SMILES string of the molecule is CC(=O)N1CCc2cc(NC(=O)/C=C/c3cnn(-c4ccccc4)c3)ccc21. The van der Waals surface area contributed by atoms with Gasteiger partial charge in [0.25, 0.3) is 0 Å². The van der Waals surface area contributed by atoms with Gasteiger partial charge in [0, 0.05) is 42.7 Å². The van der Waals surface area contributed by atoms with Gasteiger partial charge in [-0.2, -0.15) is 5.10 Å².